The number of nitrogens with zero attached hydrogens (tertiary/aromatic N) is 1. The van der Waals surface area contributed by atoms with E-state index in [-0.39, 0.29) is 0 Å². The minimum Gasteiger partial charge on any atom is -0.497 e. The molecule has 1 fully saturated rings. The fourth-order valence-corrected chi connectivity index (χ4v) is 4.12. The molecule has 1 aromatic rings. The lowest BCUT2D eigenvalue weighted by atomic mass is 9.73. The molecule has 4 nitrogen and oxygen atoms in total. The van der Waals surface area contributed by atoms with Crippen molar-refractivity contribution in [3.8, 4) is 11.5 Å². The Hall–Kier alpha value is -0.780. The summed E-state index contributed by atoms with van der Waals surface area (Å²) in [7, 11) is 3.87. The lowest BCUT2D eigenvalue weighted by Gasteiger charge is -2.45. The molecule has 0 aliphatic carbocycles. The Labute approximate surface area is 128 Å². The molecule has 0 amide bonds. The zero-order valence-electron chi connectivity index (χ0n) is 11.9. The van der Waals surface area contributed by atoms with Gasteiger partial charge in [0.15, 0.2) is 0 Å². The van der Waals surface area contributed by atoms with Crippen LogP contribution in [0.1, 0.15) is 11.5 Å². The first-order chi connectivity index (χ1) is 9.63. The molecule has 2 aliphatic rings. The van der Waals surface area contributed by atoms with Crippen LogP contribution in [-0.2, 0) is 0 Å². The van der Waals surface area contributed by atoms with Gasteiger partial charge in [-0.25, -0.2) is 0 Å². The van der Waals surface area contributed by atoms with Gasteiger partial charge in [0.1, 0.15) is 11.5 Å². The maximum absolute atomic E-state index is 6.01. The molecule has 110 valence electrons. The molecule has 0 aromatic heterocycles. The maximum atomic E-state index is 6.01. The van der Waals surface area contributed by atoms with Crippen molar-refractivity contribution in [3.63, 3.8) is 0 Å². The topological polar surface area (TPSA) is 47.7 Å². The highest BCUT2D eigenvalue weighted by atomic mass is 79.9. The molecule has 2 N–H and O–H groups in total. The van der Waals surface area contributed by atoms with Gasteiger partial charge < -0.3 is 20.1 Å². The van der Waals surface area contributed by atoms with Gasteiger partial charge in [0.25, 0.3) is 0 Å². The Kier molecular flexibility index (Phi) is 3.93. The summed E-state index contributed by atoms with van der Waals surface area (Å²) < 4.78 is 12.4. The van der Waals surface area contributed by atoms with Crippen molar-refractivity contribution in [2.24, 2.45) is 17.6 Å². The number of rotatable bonds is 2. The molecule has 0 unspecified atom stereocenters. The van der Waals surface area contributed by atoms with Gasteiger partial charge in [-0.2, -0.15) is 0 Å². The van der Waals surface area contributed by atoms with Crippen LogP contribution in [-0.4, -0.2) is 45.3 Å². The van der Waals surface area contributed by atoms with Gasteiger partial charge in [-0.1, -0.05) is 0 Å². The van der Waals surface area contributed by atoms with Crippen molar-refractivity contribution in [1.29, 1.82) is 0 Å². The SMILES string of the molecule is COc1cc(Br)c2c(c1)[C@@H]1CN(C)C[C@@H](CN)[C@H]1CO2. The molecule has 1 saturated heterocycles. The fourth-order valence-electron chi connectivity index (χ4n) is 3.55. The lowest BCUT2D eigenvalue weighted by molar-refractivity contribution is 0.0632. The largest absolute Gasteiger partial charge is 0.497 e. The molecule has 1 aromatic carbocycles. The highest BCUT2D eigenvalue weighted by molar-refractivity contribution is 9.10. The molecular weight excluding hydrogens is 320 g/mol. The number of benzene rings is 1. The minimum absolute atomic E-state index is 0.470. The van der Waals surface area contributed by atoms with Crippen LogP contribution in [0, 0.1) is 11.8 Å². The first-order valence-corrected chi connectivity index (χ1v) is 7.82. The Morgan fingerprint density at radius 3 is 2.95 bits per heavy atom. The fraction of sp³-hybridized carbons (Fsp3) is 0.600. The molecule has 2 heterocycles. The summed E-state index contributed by atoms with van der Waals surface area (Å²) >= 11 is 3.59. The van der Waals surface area contributed by atoms with Gasteiger partial charge in [-0.3, -0.25) is 0 Å². The summed E-state index contributed by atoms with van der Waals surface area (Å²) in [5, 5.41) is 0. The van der Waals surface area contributed by atoms with E-state index in [0.717, 1.165) is 42.2 Å². The summed E-state index contributed by atoms with van der Waals surface area (Å²) in [6.45, 7) is 3.59. The normalized spacial score (nSPS) is 29.3. The standard InChI is InChI=1S/C15H21BrN2O2/c1-18-6-9(5-17)13-8-20-15-11(12(13)7-18)3-10(19-2)4-14(15)16/h3-4,9,12-13H,5-8,17H2,1-2H3/t9-,12+,13-/m1/s1. The lowest BCUT2D eigenvalue weighted by Crippen LogP contribution is -2.49. The van der Waals surface area contributed by atoms with Gasteiger partial charge in [-0.05, 0) is 47.6 Å². The first kappa shape index (κ1) is 14.2. The van der Waals surface area contributed by atoms with Crippen molar-refractivity contribution in [3.05, 3.63) is 22.2 Å². The summed E-state index contributed by atoms with van der Waals surface area (Å²) in [4.78, 5) is 2.38. The highest BCUT2D eigenvalue weighted by Gasteiger charge is 2.41. The monoisotopic (exact) mass is 340 g/mol. The summed E-state index contributed by atoms with van der Waals surface area (Å²) in [6.07, 6.45) is 0. The molecule has 0 spiro atoms. The number of hydrogen-bond donors (Lipinski definition) is 1. The number of likely N-dealkylation sites (tertiary alicyclic amines) is 1. The maximum Gasteiger partial charge on any atom is 0.137 e. The Bertz CT molecular complexity index is 509. The van der Waals surface area contributed by atoms with E-state index in [1.807, 2.05) is 6.07 Å². The van der Waals surface area contributed by atoms with Crippen LogP contribution in [0.15, 0.2) is 16.6 Å². The number of methoxy groups -OCH3 is 1. The zero-order chi connectivity index (χ0) is 14.3. The van der Waals surface area contributed by atoms with E-state index in [0.29, 0.717) is 17.8 Å². The van der Waals surface area contributed by atoms with E-state index in [1.54, 1.807) is 7.11 Å². The molecule has 20 heavy (non-hydrogen) atoms. The second kappa shape index (κ2) is 5.54. The second-order valence-electron chi connectivity index (χ2n) is 5.83. The van der Waals surface area contributed by atoms with E-state index in [2.05, 4.69) is 33.9 Å². The van der Waals surface area contributed by atoms with E-state index in [9.17, 15) is 0 Å². The van der Waals surface area contributed by atoms with Crippen molar-refractivity contribution < 1.29 is 9.47 Å². The summed E-state index contributed by atoms with van der Waals surface area (Å²) in [6, 6.07) is 4.08. The molecule has 0 radical (unpaired) electrons. The van der Waals surface area contributed by atoms with Gasteiger partial charge in [0.05, 0.1) is 18.2 Å². The minimum atomic E-state index is 0.470. The Morgan fingerprint density at radius 2 is 2.25 bits per heavy atom. The third-order valence-electron chi connectivity index (χ3n) is 4.58. The van der Waals surface area contributed by atoms with Gasteiger partial charge in [0, 0.05) is 30.5 Å². The smallest absolute Gasteiger partial charge is 0.137 e. The van der Waals surface area contributed by atoms with Crippen LogP contribution in [0.3, 0.4) is 0 Å². The summed E-state index contributed by atoms with van der Waals surface area (Å²) in [5.41, 5.74) is 7.21. The van der Waals surface area contributed by atoms with Crippen molar-refractivity contribution in [2.75, 3.05) is 40.4 Å². The second-order valence-corrected chi connectivity index (χ2v) is 6.68. The van der Waals surface area contributed by atoms with Gasteiger partial charge in [-0.15, -0.1) is 0 Å². The Balaban J connectivity index is 2.02. The average molecular weight is 341 g/mol. The van der Waals surface area contributed by atoms with E-state index < -0.39 is 0 Å². The number of likely N-dealkylation sites (N-methyl/N-ethyl adjacent to an activating group) is 1. The number of piperidine rings is 1. The van der Waals surface area contributed by atoms with Crippen molar-refractivity contribution in [1.82, 2.24) is 4.90 Å². The van der Waals surface area contributed by atoms with E-state index in [4.69, 9.17) is 15.2 Å². The average Bonchev–Trinajstić information content (AvgIpc) is 2.46. The molecular formula is C15H21BrN2O2. The van der Waals surface area contributed by atoms with Crippen molar-refractivity contribution >= 4 is 15.9 Å². The van der Waals surface area contributed by atoms with Crippen LogP contribution in [0.25, 0.3) is 0 Å². The number of hydrogen-bond acceptors (Lipinski definition) is 4. The molecule has 3 rings (SSSR count). The highest BCUT2D eigenvalue weighted by Crippen LogP contribution is 2.47. The quantitative estimate of drug-likeness (QED) is 0.895. The van der Waals surface area contributed by atoms with Crippen LogP contribution in [0.2, 0.25) is 0 Å². The number of nitrogens with two attached hydrogens (primary N) is 1. The van der Waals surface area contributed by atoms with Crippen LogP contribution in [0.4, 0.5) is 0 Å². The third kappa shape index (κ3) is 2.32. The predicted molar refractivity (Wildman–Crippen MR) is 82.5 cm³/mol. The number of ether oxygens (including phenoxy) is 2. The van der Waals surface area contributed by atoms with Crippen LogP contribution < -0.4 is 15.2 Å². The number of halogens is 1. The van der Waals surface area contributed by atoms with Gasteiger partial charge >= 0.3 is 0 Å². The molecule has 2 aliphatic heterocycles. The van der Waals surface area contributed by atoms with E-state index in [1.165, 1.54) is 5.56 Å². The van der Waals surface area contributed by atoms with Crippen molar-refractivity contribution in [2.45, 2.75) is 5.92 Å². The molecule has 0 bridgehead atoms. The van der Waals surface area contributed by atoms with Gasteiger partial charge in [0.2, 0.25) is 0 Å². The van der Waals surface area contributed by atoms with Crippen LogP contribution >= 0.6 is 15.9 Å². The molecule has 0 saturated carbocycles. The third-order valence-corrected chi connectivity index (χ3v) is 5.17. The Morgan fingerprint density at radius 1 is 1.45 bits per heavy atom. The predicted octanol–water partition coefficient (Wildman–Crippen LogP) is 2.07. The zero-order valence-corrected chi connectivity index (χ0v) is 13.5. The van der Waals surface area contributed by atoms with E-state index >= 15 is 0 Å². The van der Waals surface area contributed by atoms with Crippen LogP contribution in [0.5, 0.6) is 11.5 Å². The molecule has 3 atom stereocenters. The summed E-state index contributed by atoms with van der Waals surface area (Å²) in [5.74, 6) is 3.31. The molecule has 5 heteroatoms. The first-order valence-electron chi connectivity index (χ1n) is 7.03. The number of fused-ring (bicyclic) bond motifs is 3.